The third-order valence-corrected chi connectivity index (χ3v) is 4.99. The van der Waals surface area contributed by atoms with Gasteiger partial charge in [-0.1, -0.05) is 17.3 Å². The van der Waals surface area contributed by atoms with Crippen molar-refractivity contribution in [3.8, 4) is 17.2 Å². The molecule has 148 valence electrons. The molecule has 0 aliphatic heterocycles. The van der Waals surface area contributed by atoms with Gasteiger partial charge in [0.2, 0.25) is 0 Å². The zero-order valence-electron chi connectivity index (χ0n) is 16.7. The molecule has 0 aliphatic carbocycles. The van der Waals surface area contributed by atoms with E-state index in [1.54, 1.807) is 43.1 Å². The van der Waals surface area contributed by atoms with Gasteiger partial charge in [0.25, 0.3) is 5.56 Å². The topological polar surface area (TPSA) is 79.4 Å². The molecule has 0 unspecified atom stereocenters. The van der Waals surface area contributed by atoms with Gasteiger partial charge in [-0.2, -0.15) is 0 Å². The summed E-state index contributed by atoms with van der Waals surface area (Å²) in [7, 11) is 3.15. The minimum absolute atomic E-state index is 0.166. The molecule has 0 bridgehead atoms. The van der Waals surface area contributed by atoms with Crippen molar-refractivity contribution in [2.75, 3.05) is 14.2 Å². The molecule has 0 amide bonds. The summed E-state index contributed by atoms with van der Waals surface area (Å²) in [5, 5.41) is 4.56. The third-order valence-electron chi connectivity index (χ3n) is 4.99. The molecule has 0 saturated carbocycles. The fourth-order valence-electron chi connectivity index (χ4n) is 3.43. The molecule has 0 atom stereocenters. The van der Waals surface area contributed by atoms with Gasteiger partial charge in [-0.15, -0.1) is 0 Å². The van der Waals surface area contributed by atoms with E-state index < -0.39 is 0 Å². The van der Waals surface area contributed by atoms with Gasteiger partial charge in [-0.05, 0) is 38.1 Å². The van der Waals surface area contributed by atoms with Crippen LogP contribution in [0, 0.1) is 13.8 Å². The van der Waals surface area contributed by atoms with E-state index in [1.165, 1.54) is 0 Å². The van der Waals surface area contributed by atoms with Crippen LogP contribution < -0.4 is 15.0 Å². The van der Waals surface area contributed by atoms with Gasteiger partial charge in [0.05, 0.1) is 36.5 Å². The lowest BCUT2D eigenvalue weighted by Gasteiger charge is -2.17. The Morgan fingerprint density at radius 3 is 2.55 bits per heavy atom. The number of para-hydroxylation sites is 1. The van der Waals surface area contributed by atoms with E-state index in [-0.39, 0.29) is 5.56 Å². The summed E-state index contributed by atoms with van der Waals surface area (Å²) in [5.74, 6) is 2.44. The van der Waals surface area contributed by atoms with Crippen molar-refractivity contribution < 1.29 is 14.0 Å². The quantitative estimate of drug-likeness (QED) is 0.517. The van der Waals surface area contributed by atoms with Crippen LogP contribution in [-0.2, 0) is 6.42 Å². The summed E-state index contributed by atoms with van der Waals surface area (Å²) < 4.78 is 17.7. The molecule has 4 aromatic rings. The molecular weight excluding hydrogens is 370 g/mol. The first-order chi connectivity index (χ1) is 14.0. The lowest BCUT2D eigenvalue weighted by molar-refractivity contribution is 0.392. The van der Waals surface area contributed by atoms with E-state index in [1.807, 2.05) is 32.0 Å². The molecule has 2 aromatic carbocycles. The summed E-state index contributed by atoms with van der Waals surface area (Å²) in [6.07, 6.45) is 0.399. The number of hydrogen-bond donors (Lipinski definition) is 0. The third kappa shape index (κ3) is 3.24. The van der Waals surface area contributed by atoms with Crippen molar-refractivity contribution in [3.05, 3.63) is 75.7 Å². The Morgan fingerprint density at radius 2 is 1.86 bits per heavy atom. The number of aromatic nitrogens is 3. The van der Waals surface area contributed by atoms with E-state index in [2.05, 4.69) is 5.16 Å². The Hall–Kier alpha value is -3.61. The zero-order valence-corrected chi connectivity index (χ0v) is 16.7. The predicted molar refractivity (Wildman–Crippen MR) is 109 cm³/mol. The Balaban J connectivity index is 2.02. The van der Waals surface area contributed by atoms with Gasteiger partial charge in [-0.3, -0.25) is 9.36 Å². The number of benzene rings is 2. The van der Waals surface area contributed by atoms with E-state index >= 15 is 0 Å². The largest absolute Gasteiger partial charge is 0.497 e. The summed E-state index contributed by atoms with van der Waals surface area (Å²) in [5.41, 5.74) is 2.76. The van der Waals surface area contributed by atoms with Crippen LogP contribution in [0.5, 0.6) is 11.5 Å². The molecule has 0 radical (unpaired) electrons. The van der Waals surface area contributed by atoms with E-state index in [0.29, 0.717) is 46.1 Å². The maximum Gasteiger partial charge on any atom is 0.266 e. The Labute approximate surface area is 167 Å². The van der Waals surface area contributed by atoms with Crippen molar-refractivity contribution in [1.82, 2.24) is 14.7 Å². The highest BCUT2D eigenvalue weighted by atomic mass is 16.5. The van der Waals surface area contributed by atoms with Crippen molar-refractivity contribution >= 4 is 10.9 Å². The molecule has 7 heteroatoms. The van der Waals surface area contributed by atoms with Crippen molar-refractivity contribution in [1.29, 1.82) is 0 Å². The average molecular weight is 391 g/mol. The Bertz CT molecular complexity index is 1240. The molecule has 0 spiro atoms. The monoisotopic (exact) mass is 391 g/mol. The lowest BCUT2D eigenvalue weighted by atomic mass is 10.1. The van der Waals surface area contributed by atoms with E-state index in [4.69, 9.17) is 19.0 Å². The first-order valence-corrected chi connectivity index (χ1v) is 9.18. The molecular formula is C22H21N3O4. The zero-order chi connectivity index (χ0) is 20.5. The average Bonchev–Trinajstić information content (AvgIpc) is 3.06. The summed E-state index contributed by atoms with van der Waals surface area (Å²) in [6, 6.07) is 12.6. The molecule has 0 N–H and O–H groups in total. The molecule has 0 saturated heterocycles. The molecule has 2 heterocycles. The summed E-state index contributed by atoms with van der Waals surface area (Å²) in [4.78, 5) is 18.3. The van der Waals surface area contributed by atoms with Crippen LogP contribution in [0.3, 0.4) is 0 Å². The van der Waals surface area contributed by atoms with E-state index in [9.17, 15) is 4.79 Å². The number of ether oxygens (including phenoxy) is 2. The van der Waals surface area contributed by atoms with Crippen LogP contribution in [0.2, 0.25) is 0 Å². The summed E-state index contributed by atoms with van der Waals surface area (Å²) >= 11 is 0. The van der Waals surface area contributed by atoms with Gasteiger partial charge >= 0.3 is 0 Å². The lowest BCUT2D eigenvalue weighted by Crippen LogP contribution is -2.24. The number of hydrogen-bond acceptors (Lipinski definition) is 6. The maximum absolute atomic E-state index is 13.5. The molecule has 4 rings (SSSR count). The normalized spacial score (nSPS) is 11.0. The fourth-order valence-corrected chi connectivity index (χ4v) is 3.43. The number of nitrogens with zero attached hydrogens (tertiary/aromatic N) is 3. The first-order valence-electron chi connectivity index (χ1n) is 9.18. The molecule has 7 nitrogen and oxygen atoms in total. The SMILES string of the molecule is COc1ccc(-n2c(Cc3c(C)noc3C)nc3ccccc3c2=O)c(OC)c1. The molecule has 0 fully saturated rings. The van der Waals surface area contributed by atoms with Crippen molar-refractivity contribution in [2.24, 2.45) is 0 Å². The standard InChI is InChI=1S/C22H21N3O4/c1-13-17(14(2)29-24-13)12-21-23-18-8-6-5-7-16(18)22(26)25(21)19-10-9-15(27-3)11-20(19)28-4/h5-11H,12H2,1-4H3. The van der Waals surface area contributed by atoms with Gasteiger partial charge in [-0.25, -0.2) is 4.98 Å². The van der Waals surface area contributed by atoms with Crippen LogP contribution in [0.1, 0.15) is 22.8 Å². The highest BCUT2D eigenvalue weighted by Gasteiger charge is 2.19. The van der Waals surface area contributed by atoms with Gasteiger partial charge < -0.3 is 14.0 Å². The van der Waals surface area contributed by atoms with Gasteiger partial charge in [0.15, 0.2) is 0 Å². The van der Waals surface area contributed by atoms with Gasteiger partial charge in [0.1, 0.15) is 23.1 Å². The predicted octanol–water partition coefficient (Wildman–Crippen LogP) is 3.60. The second-order valence-corrected chi connectivity index (χ2v) is 6.70. The second kappa shape index (κ2) is 7.43. The van der Waals surface area contributed by atoms with Crippen LogP contribution in [0.15, 0.2) is 51.8 Å². The fraction of sp³-hybridized carbons (Fsp3) is 0.227. The minimum atomic E-state index is -0.166. The highest BCUT2D eigenvalue weighted by Crippen LogP contribution is 2.29. The highest BCUT2D eigenvalue weighted by molar-refractivity contribution is 5.78. The Morgan fingerprint density at radius 1 is 1.07 bits per heavy atom. The van der Waals surface area contributed by atoms with E-state index in [0.717, 1.165) is 11.3 Å². The number of rotatable bonds is 5. The van der Waals surface area contributed by atoms with Crippen LogP contribution in [-0.4, -0.2) is 28.9 Å². The molecule has 0 aliphatic rings. The molecule has 2 aromatic heterocycles. The second-order valence-electron chi connectivity index (χ2n) is 6.70. The van der Waals surface area contributed by atoms with Gasteiger partial charge in [0, 0.05) is 18.1 Å². The Kier molecular flexibility index (Phi) is 4.80. The van der Waals surface area contributed by atoms with Crippen molar-refractivity contribution in [2.45, 2.75) is 20.3 Å². The maximum atomic E-state index is 13.5. The first kappa shape index (κ1) is 18.7. The number of aryl methyl sites for hydroxylation is 2. The van der Waals surface area contributed by atoms with Crippen LogP contribution >= 0.6 is 0 Å². The van der Waals surface area contributed by atoms with Crippen molar-refractivity contribution in [3.63, 3.8) is 0 Å². The smallest absolute Gasteiger partial charge is 0.266 e. The minimum Gasteiger partial charge on any atom is -0.497 e. The van der Waals surface area contributed by atoms with Crippen LogP contribution in [0.4, 0.5) is 0 Å². The number of methoxy groups -OCH3 is 2. The molecule has 29 heavy (non-hydrogen) atoms. The summed E-state index contributed by atoms with van der Waals surface area (Å²) in [6.45, 7) is 3.73. The number of fused-ring (bicyclic) bond motifs is 1. The van der Waals surface area contributed by atoms with Crippen LogP contribution in [0.25, 0.3) is 16.6 Å².